The van der Waals surface area contributed by atoms with Crippen LogP contribution in [0.5, 0.6) is 0 Å². The minimum Gasteiger partial charge on any atom is -0.337 e. The van der Waals surface area contributed by atoms with Gasteiger partial charge in [0.25, 0.3) is 0 Å². The summed E-state index contributed by atoms with van der Waals surface area (Å²) in [5, 5.41) is 10.4. The highest BCUT2D eigenvalue weighted by Gasteiger charge is 2.16. The average molecular weight is 398 g/mol. The third kappa shape index (κ3) is 6.32. The minimum atomic E-state index is -0.435. The number of thiophene rings is 1. The summed E-state index contributed by atoms with van der Waals surface area (Å²) >= 11 is 1.64. The second kappa shape index (κ2) is 10.8. The van der Waals surface area contributed by atoms with Crippen molar-refractivity contribution in [3.8, 4) is 0 Å². The number of urea groups is 1. The number of carbonyl (C=O) groups excluding carboxylic acids is 2. The first-order valence-corrected chi connectivity index (χ1v) is 10.7. The summed E-state index contributed by atoms with van der Waals surface area (Å²) in [6.45, 7) is 0.621. The molecule has 0 unspecified atom stereocenters. The molecular weight excluding hydrogens is 370 g/mol. The minimum absolute atomic E-state index is 0.0655. The highest BCUT2D eigenvalue weighted by Crippen LogP contribution is 2.25. The summed E-state index contributed by atoms with van der Waals surface area (Å²) in [4.78, 5) is 25.3. The monoisotopic (exact) mass is 397 g/mol. The van der Waals surface area contributed by atoms with Crippen molar-refractivity contribution in [2.75, 3.05) is 13.1 Å². The molecule has 0 fully saturated rings. The largest absolute Gasteiger partial charge is 0.337 e. The molecule has 0 radical (unpaired) electrons. The predicted molar refractivity (Wildman–Crippen MR) is 113 cm³/mol. The molecule has 1 aliphatic rings. The van der Waals surface area contributed by atoms with E-state index in [1.54, 1.807) is 11.3 Å². The fraction of sp³-hybridized carbons (Fsp3) is 0.364. The van der Waals surface area contributed by atoms with Gasteiger partial charge < -0.3 is 5.32 Å². The molecule has 6 heteroatoms. The number of amides is 3. The van der Waals surface area contributed by atoms with Gasteiger partial charge in [-0.3, -0.25) is 15.4 Å². The van der Waals surface area contributed by atoms with Gasteiger partial charge in [0, 0.05) is 11.4 Å². The quantitative estimate of drug-likeness (QED) is 0.586. The lowest BCUT2D eigenvalue weighted by molar-refractivity contribution is -0.119. The third-order valence-corrected chi connectivity index (χ3v) is 5.73. The van der Waals surface area contributed by atoms with E-state index in [0.717, 1.165) is 29.7 Å². The zero-order valence-corrected chi connectivity index (χ0v) is 16.8. The maximum atomic E-state index is 12.2. The van der Waals surface area contributed by atoms with Crippen molar-refractivity contribution in [2.45, 2.75) is 38.1 Å². The standard InChI is InChI=1S/C22H27N3O2S/c26-20(25-22(27)23-14-13-17-8-3-1-4-9-17)16-24-21(19-12-7-15-28-19)18-10-5-2-6-11-18/h2,5-8,10-12,15,21,24H,1,3-4,9,13-14,16H2,(H2,23,25,26,27)/t21-/m0/s1. The molecule has 1 aromatic heterocycles. The summed E-state index contributed by atoms with van der Waals surface area (Å²) in [7, 11) is 0. The molecule has 0 aliphatic heterocycles. The Morgan fingerprint density at radius 2 is 1.93 bits per heavy atom. The van der Waals surface area contributed by atoms with Gasteiger partial charge in [0.1, 0.15) is 0 Å². The van der Waals surface area contributed by atoms with Gasteiger partial charge in [-0.05, 0) is 49.1 Å². The van der Waals surface area contributed by atoms with Gasteiger partial charge in [0.05, 0.1) is 12.6 Å². The highest BCUT2D eigenvalue weighted by atomic mass is 32.1. The van der Waals surface area contributed by atoms with Crippen LogP contribution < -0.4 is 16.0 Å². The fourth-order valence-corrected chi connectivity index (χ4v) is 4.19. The Labute approximate surface area is 170 Å². The van der Waals surface area contributed by atoms with E-state index in [-0.39, 0.29) is 18.5 Å². The summed E-state index contributed by atoms with van der Waals surface area (Å²) < 4.78 is 0. The van der Waals surface area contributed by atoms with Gasteiger partial charge in [0.2, 0.25) is 5.91 Å². The Morgan fingerprint density at radius 3 is 2.64 bits per heavy atom. The van der Waals surface area contributed by atoms with Gasteiger partial charge >= 0.3 is 6.03 Å². The van der Waals surface area contributed by atoms with E-state index in [9.17, 15) is 9.59 Å². The Morgan fingerprint density at radius 1 is 1.07 bits per heavy atom. The van der Waals surface area contributed by atoms with E-state index in [2.05, 4.69) is 22.0 Å². The SMILES string of the molecule is O=C(CN[C@@H](c1ccccc1)c1cccs1)NC(=O)NCCC1=CCCCC1. The van der Waals surface area contributed by atoms with Gasteiger partial charge in [-0.25, -0.2) is 4.79 Å². The number of allylic oxidation sites excluding steroid dienone is 1. The van der Waals surface area contributed by atoms with Crippen LogP contribution in [-0.4, -0.2) is 25.0 Å². The summed E-state index contributed by atoms with van der Waals surface area (Å²) in [6, 6.07) is 13.5. The van der Waals surface area contributed by atoms with Crippen LogP contribution in [0.1, 0.15) is 48.6 Å². The van der Waals surface area contributed by atoms with Crippen molar-refractivity contribution in [3.05, 3.63) is 69.9 Å². The van der Waals surface area contributed by atoms with Crippen LogP contribution in [0, 0.1) is 0 Å². The average Bonchev–Trinajstić information content (AvgIpc) is 3.24. The van der Waals surface area contributed by atoms with E-state index in [1.807, 2.05) is 47.8 Å². The van der Waals surface area contributed by atoms with Crippen LogP contribution in [0.4, 0.5) is 4.79 Å². The molecule has 1 heterocycles. The number of hydrogen-bond donors (Lipinski definition) is 3. The molecule has 3 N–H and O–H groups in total. The summed E-state index contributed by atoms with van der Waals surface area (Å²) in [6.07, 6.45) is 7.87. The van der Waals surface area contributed by atoms with Crippen LogP contribution in [0.25, 0.3) is 0 Å². The lowest BCUT2D eigenvalue weighted by Crippen LogP contribution is -2.44. The first-order valence-electron chi connectivity index (χ1n) is 9.79. The van der Waals surface area contributed by atoms with E-state index in [0.29, 0.717) is 6.54 Å². The first-order chi connectivity index (χ1) is 13.7. The molecule has 1 atom stereocenters. The van der Waals surface area contributed by atoms with Crippen LogP contribution in [-0.2, 0) is 4.79 Å². The van der Waals surface area contributed by atoms with Crippen molar-refractivity contribution in [1.29, 1.82) is 0 Å². The van der Waals surface area contributed by atoms with Crippen molar-refractivity contribution < 1.29 is 9.59 Å². The number of hydrogen-bond acceptors (Lipinski definition) is 4. The Balaban J connectivity index is 1.44. The summed E-state index contributed by atoms with van der Waals surface area (Å²) in [5.41, 5.74) is 2.49. The molecule has 3 amide bonds. The number of benzene rings is 1. The lowest BCUT2D eigenvalue weighted by atomic mass is 9.97. The second-order valence-electron chi connectivity index (χ2n) is 6.90. The van der Waals surface area contributed by atoms with Gasteiger partial charge in [-0.1, -0.05) is 48.0 Å². The molecule has 1 aromatic carbocycles. The van der Waals surface area contributed by atoms with Crippen molar-refractivity contribution in [1.82, 2.24) is 16.0 Å². The fourth-order valence-electron chi connectivity index (χ4n) is 3.36. The Bertz CT molecular complexity index is 787. The zero-order valence-electron chi connectivity index (χ0n) is 15.9. The van der Waals surface area contributed by atoms with Gasteiger partial charge in [0.15, 0.2) is 0 Å². The van der Waals surface area contributed by atoms with Crippen molar-refractivity contribution in [2.24, 2.45) is 0 Å². The van der Waals surface area contributed by atoms with Crippen molar-refractivity contribution in [3.63, 3.8) is 0 Å². The Kier molecular flexibility index (Phi) is 7.82. The second-order valence-corrected chi connectivity index (χ2v) is 7.88. The van der Waals surface area contributed by atoms with Crippen LogP contribution >= 0.6 is 11.3 Å². The van der Waals surface area contributed by atoms with E-state index in [1.165, 1.54) is 18.4 Å². The van der Waals surface area contributed by atoms with E-state index < -0.39 is 6.03 Å². The third-order valence-electron chi connectivity index (χ3n) is 4.80. The Hall–Kier alpha value is -2.44. The van der Waals surface area contributed by atoms with Crippen LogP contribution in [0.3, 0.4) is 0 Å². The summed E-state index contributed by atoms with van der Waals surface area (Å²) in [5.74, 6) is -0.341. The number of carbonyl (C=O) groups is 2. The maximum absolute atomic E-state index is 12.2. The molecule has 3 rings (SSSR count). The normalized spacial score (nSPS) is 14.8. The first kappa shape index (κ1) is 20.3. The number of rotatable bonds is 8. The smallest absolute Gasteiger partial charge is 0.321 e. The van der Waals surface area contributed by atoms with Gasteiger partial charge in [-0.2, -0.15) is 0 Å². The van der Waals surface area contributed by atoms with E-state index in [4.69, 9.17) is 0 Å². The van der Waals surface area contributed by atoms with E-state index >= 15 is 0 Å². The molecule has 148 valence electrons. The molecule has 5 nitrogen and oxygen atoms in total. The van der Waals surface area contributed by atoms with Crippen LogP contribution in [0.15, 0.2) is 59.5 Å². The molecule has 28 heavy (non-hydrogen) atoms. The highest BCUT2D eigenvalue weighted by molar-refractivity contribution is 7.10. The molecule has 0 saturated heterocycles. The van der Waals surface area contributed by atoms with Crippen LogP contribution in [0.2, 0.25) is 0 Å². The molecule has 0 saturated carbocycles. The maximum Gasteiger partial charge on any atom is 0.321 e. The number of nitrogens with one attached hydrogen (secondary N) is 3. The zero-order chi connectivity index (χ0) is 19.6. The molecule has 2 aromatic rings. The lowest BCUT2D eigenvalue weighted by Gasteiger charge is -2.18. The van der Waals surface area contributed by atoms with Gasteiger partial charge in [-0.15, -0.1) is 11.3 Å². The molecular formula is C22H27N3O2S. The molecule has 1 aliphatic carbocycles. The predicted octanol–water partition coefficient (Wildman–Crippen LogP) is 4.14. The van der Waals surface area contributed by atoms with Crippen molar-refractivity contribution >= 4 is 23.3 Å². The number of imide groups is 1. The molecule has 0 spiro atoms. The topological polar surface area (TPSA) is 70.2 Å². The molecule has 0 bridgehead atoms.